The summed E-state index contributed by atoms with van der Waals surface area (Å²) in [5.74, 6) is 0. The Hall–Kier alpha value is -1.92. The van der Waals surface area contributed by atoms with Gasteiger partial charge in [-0.25, -0.2) is 13.1 Å². The molecule has 0 amide bonds. The van der Waals surface area contributed by atoms with Crippen LogP contribution in [-0.4, -0.2) is 8.42 Å². The first-order chi connectivity index (χ1) is 10.5. The lowest BCUT2D eigenvalue weighted by molar-refractivity contribution is -0.613. The normalized spacial score (nSPS) is 11.5. The summed E-state index contributed by atoms with van der Waals surface area (Å²) in [7, 11) is -3.75. The fraction of sp³-hybridized carbons (Fsp3) is 0.0625. The maximum Gasteiger partial charge on any atom is 0.179 e. The Morgan fingerprint density at radius 2 is 1.68 bits per heavy atom. The molecule has 2 aromatic carbocycles. The SMILES string of the molecule is Cc1ccc(S(=O)(=O)[N-][n+]2cc(Br)c3ccccc3c2)cc1. The third kappa shape index (κ3) is 2.98. The zero-order valence-corrected chi connectivity index (χ0v) is 14.2. The molecule has 3 aromatic rings. The highest BCUT2D eigenvalue weighted by molar-refractivity contribution is 9.10. The zero-order chi connectivity index (χ0) is 15.7. The van der Waals surface area contributed by atoms with Gasteiger partial charge in [-0.05, 0) is 41.1 Å². The molecule has 6 heteroatoms. The van der Waals surface area contributed by atoms with Crippen LogP contribution in [0.4, 0.5) is 0 Å². The standard InChI is InChI=1S/C16H13BrN2O2S/c1-12-6-8-14(9-7-12)22(20,21)18-19-10-13-4-2-3-5-15(13)16(17)11-19/h2-11H,1H3. The highest BCUT2D eigenvalue weighted by atomic mass is 79.9. The fourth-order valence-electron chi connectivity index (χ4n) is 2.12. The van der Waals surface area contributed by atoms with Gasteiger partial charge in [0.05, 0.1) is 9.37 Å². The topological polar surface area (TPSA) is 52.1 Å². The van der Waals surface area contributed by atoms with E-state index < -0.39 is 10.0 Å². The molecule has 0 saturated heterocycles. The molecule has 0 N–H and O–H groups in total. The number of rotatable bonds is 3. The van der Waals surface area contributed by atoms with Crippen LogP contribution in [0.15, 0.2) is 70.3 Å². The summed E-state index contributed by atoms with van der Waals surface area (Å²) in [4.78, 5) is 4.04. The molecule has 112 valence electrons. The van der Waals surface area contributed by atoms with Crippen LogP contribution in [0, 0.1) is 6.92 Å². The van der Waals surface area contributed by atoms with Gasteiger partial charge in [0.15, 0.2) is 22.4 Å². The maximum absolute atomic E-state index is 12.4. The summed E-state index contributed by atoms with van der Waals surface area (Å²) < 4.78 is 26.8. The van der Waals surface area contributed by atoms with Gasteiger partial charge in [-0.1, -0.05) is 35.9 Å². The summed E-state index contributed by atoms with van der Waals surface area (Å²) >= 11 is 3.45. The van der Waals surface area contributed by atoms with Crippen LogP contribution in [0.2, 0.25) is 0 Å². The average molecular weight is 377 g/mol. The van der Waals surface area contributed by atoms with Gasteiger partial charge in [0, 0.05) is 10.8 Å². The smallest absolute Gasteiger partial charge is 0.179 e. The van der Waals surface area contributed by atoms with Crippen LogP contribution >= 0.6 is 15.9 Å². The molecular formula is C16H13BrN2O2S. The molecule has 0 radical (unpaired) electrons. The molecule has 0 saturated carbocycles. The molecule has 0 bridgehead atoms. The highest BCUT2D eigenvalue weighted by Crippen LogP contribution is 2.22. The molecule has 22 heavy (non-hydrogen) atoms. The number of halogens is 1. The second-order valence-corrected chi connectivity index (χ2v) is 7.38. The van der Waals surface area contributed by atoms with Crippen molar-refractivity contribution < 1.29 is 13.1 Å². The Labute approximate surface area is 137 Å². The summed E-state index contributed by atoms with van der Waals surface area (Å²) in [6.07, 6.45) is 3.32. The maximum atomic E-state index is 12.4. The fourth-order valence-corrected chi connectivity index (χ4v) is 3.61. The molecule has 1 aromatic heterocycles. The van der Waals surface area contributed by atoms with E-state index in [9.17, 15) is 8.42 Å². The van der Waals surface area contributed by atoms with E-state index in [0.29, 0.717) is 0 Å². The Balaban J connectivity index is 2.00. The predicted molar refractivity (Wildman–Crippen MR) is 89.0 cm³/mol. The van der Waals surface area contributed by atoms with Crippen molar-refractivity contribution in [2.75, 3.05) is 0 Å². The minimum absolute atomic E-state index is 0.176. The number of hydrogen-bond acceptors (Lipinski definition) is 2. The first-order valence-electron chi connectivity index (χ1n) is 6.60. The van der Waals surface area contributed by atoms with Crippen molar-refractivity contribution in [3.8, 4) is 0 Å². The molecule has 0 aliphatic heterocycles. The van der Waals surface area contributed by atoms with E-state index in [-0.39, 0.29) is 4.90 Å². The number of aryl methyl sites for hydroxylation is 1. The van der Waals surface area contributed by atoms with Crippen molar-refractivity contribution in [2.45, 2.75) is 11.8 Å². The lowest BCUT2D eigenvalue weighted by Crippen LogP contribution is -2.31. The van der Waals surface area contributed by atoms with Crippen LogP contribution in [0.3, 0.4) is 0 Å². The lowest BCUT2D eigenvalue weighted by atomic mass is 10.2. The van der Waals surface area contributed by atoms with Crippen LogP contribution in [0.25, 0.3) is 15.6 Å². The Bertz CT molecular complexity index is 938. The van der Waals surface area contributed by atoms with Crippen molar-refractivity contribution in [2.24, 2.45) is 0 Å². The third-order valence-corrected chi connectivity index (χ3v) is 5.16. The van der Waals surface area contributed by atoms with E-state index in [1.54, 1.807) is 36.7 Å². The molecule has 0 unspecified atom stereocenters. The highest BCUT2D eigenvalue weighted by Gasteiger charge is 2.10. The number of sulfonamides is 1. The summed E-state index contributed by atoms with van der Waals surface area (Å²) in [6.45, 7) is 1.91. The Morgan fingerprint density at radius 1 is 1.00 bits per heavy atom. The molecule has 0 fully saturated rings. The lowest BCUT2D eigenvalue weighted by Gasteiger charge is -2.15. The molecule has 3 rings (SSSR count). The van der Waals surface area contributed by atoms with Crippen LogP contribution < -0.4 is 4.68 Å². The molecule has 0 aliphatic carbocycles. The molecule has 0 aliphatic rings. The molecule has 1 heterocycles. The van der Waals surface area contributed by atoms with E-state index in [1.807, 2.05) is 31.2 Å². The van der Waals surface area contributed by atoms with Gasteiger partial charge < -0.3 is 4.83 Å². The summed E-state index contributed by atoms with van der Waals surface area (Å²) in [5.41, 5.74) is 1.00. The van der Waals surface area contributed by atoms with Crippen molar-refractivity contribution in [1.82, 2.24) is 0 Å². The van der Waals surface area contributed by atoms with Gasteiger partial charge in [0.25, 0.3) is 0 Å². The molecule has 4 nitrogen and oxygen atoms in total. The first kappa shape index (κ1) is 15.0. The zero-order valence-electron chi connectivity index (χ0n) is 11.8. The van der Waals surface area contributed by atoms with Gasteiger partial charge in [-0.3, -0.25) is 0 Å². The van der Waals surface area contributed by atoms with E-state index in [4.69, 9.17) is 0 Å². The largest absolute Gasteiger partial charge is 0.318 e. The molecule has 0 spiro atoms. The van der Waals surface area contributed by atoms with Gasteiger partial charge in [0.2, 0.25) is 0 Å². The van der Waals surface area contributed by atoms with E-state index >= 15 is 0 Å². The van der Waals surface area contributed by atoms with Crippen molar-refractivity contribution in [3.05, 3.63) is 75.8 Å². The summed E-state index contributed by atoms with van der Waals surface area (Å²) in [5, 5.41) is 1.90. The second kappa shape index (κ2) is 5.70. The summed E-state index contributed by atoms with van der Waals surface area (Å²) in [6, 6.07) is 14.3. The average Bonchev–Trinajstić information content (AvgIpc) is 2.47. The number of hydrogen-bond donors (Lipinski definition) is 0. The third-order valence-electron chi connectivity index (χ3n) is 3.26. The number of nitrogens with zero attached hydrogens (tertiary/aromatic N) is 2. The van der Waals surface area contributed by atoms with E-state index in [1.165, 1.54) is 4.68 Å². The predicted octanol–water partition coefficient (Wildman–Crippen LogP) is 3.72. The van der Waals surface area contributed by atoms with Crippen molar-refractivity contribution in [1.29, 1.82) is 0 Å². The van der Waals surface area contributed by atoms with E-state index in [0.717, 1.165) is 20.8 Å². The Kier molecular flexibility index (Phi) is 3.88. The van der Waals surface area contributed by atoms with Crippen LogP contribution in [0.1, 0.15) is 5.56 Å². The first-order valence-corrected chi connectivity index (χ1v) is 8.83. The second-order valence-electron chi connectivity index (χ2n) is 4.94. The van der Waals surface area contributed by atoms with Gasteiger partial charge in [0.1, 0.15) is 0 Å². The monoisotopic (exact) mass is 376 g/mol. The number of fused-ring (bicyclic) bond motifs is 1. The van der Waals surface area contributed by atoms with Gasteiger partial charge >= 0.3 is 0 Å². The minimum atomic E-state index is -3.75. The van der Waals surface area contributed by atoms with Gasteiger partial charge in [-0.2, -0.15) is 0 Å². The van der Waals surface area contributed by atoms with Crippen LogP contribution in [-0.2, 0) is 10.0 Å². The molecule has 0 atom stereocenters. The van der Waals surface area contributed by atoms with Crippen LogP contribution in [0.5, 0.6) is 0 Å². The van der Waals surface area contributed by atoms with Gasteiger partial charge in [-0.15, -0.1) is 0 Å². The number of aromatic nitrogens is 1. The number of pyridine rings is 1. The van der Waals surface area contributed by atoms with E-state index in [2.05, 4.69) is 20.8 Å². The quantitative estimate of drug-likeness (QED) is 0.654. The Morgan fingerprint density at radius 3 is 2.41 bits per heavy atom. The minimum Gasteiger partial charge on any atom is -0.318 e. The number of benzene rings is 2. The molecular weight excluding hydrogens is 364 g/mol. The van der Waals surface area contributed by atoms with Crippen molar-refractivity contribution >= 4 is 36.7 Å². The van der Waals surface area contributed by atoms with Crippen molar-refractivity contribution in [3.63, 3.8) is 0 Å².